The minimum absolute atomic E-state index is 0.0278. The number of hydrogen-bond donors (Lipinski definition) is 2. The van der Waals surface area contributed by atoms with E-state index in [1.54, 1.807) is 13.8 Å². The highest BCUT2D eigenvalue weighted by atomic mass is 19.4. The Morgan fingerprint density at radius 1 is 1.31 bits per heavy atom. The van der Waals surface area contributed by atoms with Gasteiger partial charge in [-0.1, -0.05) is 29.8 Å². The van der Waals surface area contributed by atoms with Crippen LogP contribution in [0.3, 0.4) is 0 Å². The molecule has 2 N–H and O–H groups in total. The number of halogens is 3. The van der Waals surface area contributed by atoms with Crippen molar-refractivity contribution in [2.75, 3.05) is 5.32 Å². The molecule has 0 saturated heterocycles. The molecule has 140 valence electrons. The van der Waals surface area contributed by atoms with Gasteiger partial charge in [0.2, 0.25) is 0 Å². The fraction of sp³-hybridized carbons (Fsp3) is 0.444. The van der Waals surface area contributed by atoms with Gasteiger partial charge < -0.3 is 10.6 Å². The van der Waals surface area contributed by atoms with E-state index in [1.165, 1.54) is 6.07 Å². The van der Waals surface area contributed by atoms with Crippen LogP contribution < -0.4 is 10.6 Å². The van der Waals surface area contributed by atoms with E-state index in [0.29, 0.717) is 0 Å². The Labute approximate surface area is 149 Å². The van der Waals surface area contributed by atoms with E-state index in [4.69, 9.17) is 0 Å². The summed E-state index contributed by atoms with van der Waals surface area (Å²) in [6.07, 6.45) is -4.65. The first kappa shape index (κ1) is 18.3. The summed E-state index contributed by atoms with van der Waals surface area (Å²) < 4.78 is 41.7. The maximum atomic E-state index is 13.6. The molecule has 2 aromatic rings. The Kier molecular flexibility index (Phi) is 4.68. The molecular weight excluding hydrogens is 345 g/mol. The largest absolute Gasteiger partial charge is 0.410 e. The van der Waals surface area contributed by atoms with Crippen LogP contribution in [0.5, 0.6) is 0 Å². The molecule has 0 bridgehead atoms. The molecule has 26 heavy (non-hydrogen) atoms. The Morgan fingerprint density at radius 2 is 1.96 bits per heavy atom. The Bertz CT molecular complexity index is 796. The SMILES string of the molecule is Cc1ccc([C@@H]2C[C@@H](C(F)(F)F)n3nc(C(=O)NC(C)C)cc3N2)cc1. The third-order valence-electron chi connectivity index (χ3n) is 4.32. The molecule has 0 fully saturated rings. The molecular formula is C18H21F3N4O. The Balaban J connectivity index is 1.96. The number of aryl methyl sites for hydroxylation is 1. The summed E-state index contributed by atoms with van der Waals surface area (Å²) >= 11 is 0. The smallest absolute Gasteiger partial charge is 0.363 e. The number of aromatic nitrogens is 2. The molecule has 3 rings (SSSR count). The number of nitrogens with one attached hydrogen (secondary N) is 2. The highest BCUT2D eigenvalue weighted by Crippen LogP contribution is 2.43. The van der Waals surface area contributed by atoms with Crippen molar-refractivity contribution < 1.29 is 18.0 Å². The van der Waals surface area contributed by atoms with Crippen molar-refractivity contribution in [1.82, 2.24) is 15.1 Å². The number of alkyl halides is 3. The molecule has 0 saturated carbocycles. The van der Waals surface area contributed by atoms with Crippen LogP contribution in [0, 0.1) is 6.92 Å². The minimum atomic E-state index is -4.46. The molecule has 1 aliphatic rings. The normalized spacial score (nSPS) is 19.8. The molecule has 0 radical (unpaired) electrons. The lowest BCUT2D eigenvalue weighted by atomic mass is 9.96. The van der Waals surface area contributed by atoms with Crippen LogP contribution in [-0.4, -0.2) is 27.9 Å². The Morgan fingerprint density at radius 3 is 2.54 bits per heavy atom. The van der Waals surface area contributed by atoms with Gasteiger partial charge in [-0.2, -0.15) is 18.3 Å². The van der Waals surface area contributed by atoms with Crippen molar-refractivity contribution in [3.8, 4) is 0 Å². The summed E-state index contributed by atoms with van der Waals surface area (Å²) in [7, 11) is 0. The van der Waals surface area contributed by atoms with E-state index in [2.05, 4.69) is 15.7 Å². The molecule has 1 aromatic heterocycles. The summed E-state index contributed by atoms with van der Waals surface area (Å²) in [5.41, 5.74) is 1.78. The molecule has 0 aliphatic carbocycles. The van der Waals surface area contributed by atoms with E-state index in [9.17, 15) is 18.0 Å². The molecule has 2 atom stereocenters. The molecule has 1 aromatic carbocycles. The number of carbonyl (C=O) groups excluding carboxylic acids is 1. The molecule has 5 nitrogen and oxygen atoms in total. The van der Waals surface area contributed by atoms with Crippen molar-refractivity contribution in [1.29, 1.82) is 0 Å². The van der Waals surface area contributed by atoms with Gasteiger partial charge in [0, 0.05) is 18.5 Å². The summed E-state index contributed by atoms with van der Waals surface area (Å²) in [6, 6.07) is 6.32. The lowest BCUT2D eigenvalue weighted by molar-refractivity contribution is -0.173. The maximum Gasteiger partial charge on any atom is 0.410 e. The van der Waals surface area contributed by atoms with Crippen molar-refractivity contribution in [2.24, 2.45) is 0 Å². The van der Waals surface area contributed by atoms with E-state index in [0.717, 1.165) is 15.8 Å². The fourth-order valence-electron chi connectivity index (χ4n) is 3.04. The van der Waals surface area contributed by atoms with E-state index in [1.807, 2.05) is 31.2 Å². The Hall–Kier alpha value is -2.51. The van der Waals surface area contributed by atoms with Gasteiger partial charge in [-0.15, -0.1) is 0 Å². The standard InChI is InChI=1S/C18H21F3N4O/c1-10(2)22-17(26)14-9-16-23-13(12-6-4-11(3)5-7-12)8-15(18(19,20)21)25(16)24-14/h4-7,9-10,13,15,23H,8H2,1-3H3,(H,22,26)/t13-,15-/m0/s1. The second kappa shape index (κ2) is 6.66. The van der Waals surface area contributed by atoms with Crippen LogP contribution in [0.4, 0.5) is 19.0 Å². The van der Waals surface area contributed by atoms with Gasteiger partial charge in [0.15, 0.2) is 11.7 Å². The number of nitrogens with zero attached hydrogens (tertiary/aromatic N) is 2. The highest BCUT2D eigenvalue weighted by molar-refractivity contribution is 5.93. The van der Waals surface area contributed by atoms with E-state index < -0.39 is 24.2 Å². The van der Waals surface area contributed by atoms with Gasteiger partial charge >= 0.3 is 6.18 Å². The first-order chi connectivity index (χ1) is 12.1. The van der Waals surface area contributed by atoms with Crippen LogP contribution in [0.2, 0.25) is 0 Å². The summed E-state index contributed by atoms with van der Waals surface area (Å²) in [4.78, 5) is 12.1. The summed E-state index contributed by atoms with van der Waals surface area (Å²) in [5, 5.41) is 9.65. The second-order valence-electron chi connectivity index (χ2n) is 6.89. The molecule has 0 spiro atoms. The number of anilines is 1. The zero-order valence-electron chi connectivity index (χ0n) is 14.8. The van der Waals surface area contributed by atoms with Crippen molar-refractivity contribution in [3.63, 3.8) is 0 Å². The van der Waals surface area contributed by atoms with Crippen LogP contribution in [0.1, 0.15) is 54.0 Å². The van der Waals surface area contributed by atoms with Gasteiger partial charge in [0.1, 0.15) is 5.82 Å². The van der Waals surface area contributed by atoms with E-state index >= 15 is 0 Å². The van der Waals surface area contributed by atoms with Crippen molar-refractivity contribution >= 4 is 11.7 Å². The van der Waals surface area contributed by atoms with Crippen LogP contribution in [0.15, 0.2) is 30.3 Å². The van der Waals surface area contributed by atoms with Crippen LogP contribution >= 0.6 is 0 Å². The number of hydrogen-bond acceptors (Lipinski definition) is 3. The number of amides is 1. The van der Waals surface area contributed by atoms with Gasteiger partial charge in [-0.3, -0.25) is 4.79 Å². The fourth-order valence-corrected chi connectivity index (χ4v) is 3.04. The molecule has 1 amide bonds. The number of benzene rings is 1. The lowest BCUT2D eigenvalue weighted by Crippen LogP contribution is -2.36. The van der Waals surface area contributed by atoms with Gasteiger partial charge in [0.05, 0.1) is 6.04 Å². The average molecular weight is 366 g/mol. The van der Waals surface area contributed by atoms with Gasteiger partial charge in [0.25, 0.3) is 5.91 Å². The molecule has 2 heterocycles. The monoisotopic (exact) mass is 366 g/mol. The molecule has 0 unspecified atom stereocenters. The zero-order chi connectivity index (χ0) is 19.1. The number of carbonyl (C=O) groups is 1. The quantitative estimate of drug-likeness (QED) is 0.864. The number of rotatable bonds is 3. The first-order valence-corrected chi connectivity index (χ1v) is 8.45. The first-order valence-electron chi connectivity index (χ1n) is 8.45. The van der Waals surface area contributed by atoms with Crippen LogP contribution in [-0.2, 0) is 0 Å². The highest BCUT2D eigenvalue weighted by Gasteiger charge is 2.46. The van der Waals surface area contributed by atoms with E-state index in [-0.39, 0.29) is 24.0 Å². The second-order valence-corrected chi connectivity index (χ2v) is 6.89. The van der Waals surface area contributed by atoms with Gasteiger partial charge in [-0.25, -0.2) is 4.68 Å². The number of fused-ring (bicyclic) bond motifs is 1. The third-order valence-corrected chi connectivity index (χ3v) is 4.32. The molecule has 8 heteroatoms. The van der Waals surface area contributed by atoms with Gasteiger partial charge in [-0.05, 0) is 26.3 Å². The maximum absolute atomic E-state index is 13.6. The van der Waals surface area contributed by atoms with Crippen molar-refractivity contribution in [2.45, 2.75) is 51.5 Å². The summed E-state index contributed by atoms with van der Waals surface area (Å²) in [6.45, 7) is 5.47. The molecule has 1 aliphatic heterocycles. The predicted molar refractivity (Wildman–Crippen MR) is 92.1 cm³/mol. The zero-order valence-corrected chi connectivity index (χ0v) is 14.8. The average Bonchev–Trinajstić information content (AvgIpc) is 2.97. The third kappa shape index (κ3) is 3.68. The summed E-state index contributed by atoms with van der Waals surface area (Å²) in [5.74, 6) is -0.297. The topological polar surface area (TPSA) is 59.0 Å². The predicted octanol–water partition coefficient (Wildman–Crippen LogP) is 3.99. The van der Waals surface area contributed by atoms with Crippen LogP contribution in [0.25, 0.3) is 0 Å². The minimum Gasteiger partial charge on any atom is -0.363 e. The lowest BCUT2D eigenvalue weighted by Gasteiger charge is -2.33. The van der Waals surface area contributed by atoms with Crippen molar-refractivity contribution in [3.05, 3.63) is 47.2 Å².